The van der Waals surface area contributed by atoms with Gasteiger partial charge in [0, 0.05) is 0 Å². The predicted molar refractivity (Wildman–Crippen MR) is 79.4 cm³/mol. The Morgan fingerprint density at radius 2 is 1.63 bits per heavy atom. The molecule has 1 aromatic heterocycles. The van der Waals surface area contributed by atoms with E-state index in [-0.39, 0.29) is 14.7 Å². The van der Waals surface area contributed by atoms with Crippen molar-refractivity contribution in [3.63, 3.8) is 0 Å². The van der Waals surface area contributed by atoms with Gasteiger partial charge in [0.2, 0.25) is 0 Å². The van der Waals surface area contributed by atoms with Crippen LogP contribution in [0.25, 0.3) is 32.8 Å². The first-order valence-corrected chi connectivity index (χ1v) is 7.86. The summed E-state index contributed by atoms with van der Waals surface area (Å²) >= 11 is 0.188. The molecular formula is C16H10N2Se. The van der Waals surface area contributed by atoms with Gasteiger partial charge in [0.1, 0.15) is 0 Å². The van der Waals surface area contributed by atoms with Crippen molar-refractivity contribution in [3.8, 4) is 11.3 Å². The van der Waals surface area contributed by atoms with Gasteiger partial charge >= 0.3 is 116 Å². The molecular weight excluding hydrogens is 299 g/mol. The molecule has 0 saturated carbocycles. The second kappa shape index (κ2) is 4.30. The van der Waals surface area contributed by atoms with Crippen LogP contribution in [0, 0.1) is 0 Å². The van der Waals surface area contributed by atoms with Crippen LogP contribution in [0.15, 0.2) is 59.5 Å². The van der Waals surface area contributed by atoms with Crippen LogP contribution in [0.1, 0.15) is 0 Å². The predicted octanol–water partition coefficient (Wildman–Crippen LogP) is 3.51. The van der Waals surface area contributed by atoms with Crippen LogP contribution in [0.3, 0.4) is 0 Å². The molecule has 0 bridgehead atoms. The molecule has 3 aromatic carbocycles. The van der Waals surface area contributed by atoms with Crippen molar-refractivity contribution >= 4 is 36.3 Å². The molecule has 19 heavy (non-hydrogen) atoms. The van der Waals surface area contributed by atoms with Crippen LogP contribution in [0.5, 0.6) is 0 Å². The average Bonchev–Trinajstić information content (AvgIpc) is 3.01. The number of rotatable bonds is 1. The van der Waals surface area contributed by atoms with Crippen LogP contribution < -0.4 is 0 Å². The zero-order chi connectivity index (χ0) is 12.7. The van der Waals surface area contributed by atoms with Gasteiger partial charge in [-0.1, -0.05) is 0 Å². The monoisotopic (exact) mass is 310 g/mol. The van der Waals surface area contributed by atoms with E-state index in [1.165, 1.54) is 21.5 Å². The second-order valence-electron chi connectivity index (χ2n) is 4.51. The summed E-state index contributed by atoms with van der Waals surface area (Å²) in [4.78, 5) is 2.12. The summed E-state index contributed by atoms with van der Waals surface area (Å²) in [5.74, 6) is 0. The van der Waals surface area contributed by atoms with Gasteiger partial charge < -0.3 is 0 Å². The zero-order valence-electron chi connectivity index (χ0n) is 10.1. The first-order valence-electron chi connectivity index (χ1n) is 6.11. The normalized spacial score (nSPS) is 11.2. The second-order valence-corrected chi connectivity index (χ2v) is 5.79. The van der Waals surface area contributed by atoms with E-state index in [0.717, 1.165) is 11.3 Å². The van der Waals surface area contributed by atoms with Crippen molar-refractivity contribution in [2.24, 2.45) is 0 Å². The van der Waals surface area contributed by atoms with E-state index in [2.05, 4.69) is 68.7 Å². The maximum atomic E-state index is 4.19. The third-order valence-electron chi connectivity index (χ3n) is 3.40. The Labute approximate surface area is 116 Å². The zero-order valence-corrected chi connectivity index (χ0v) is 11.8. The van der Waals surface area contributed by atoms with Gasteiger partial charge in [-0.05, 0) is 0 Å². The van der Waals surface area contributed by atoms with Gasteiger partial charge in [0.05, 0.1) is 0 Å². The Hall–Kier alpha value is -1.96. The molecule has 0 radical (unpaired) electrons. The van der Waals surface area contributed by atoms with E-state index in [1.807, 2.05) is 0 Å². The number of benzene rings is 3. The van der Waals surface area contributed by atoms with Crippen LogP contribution in [0.2, 0.25) is 0 Å². The third kappa shape index (κ3) is 1.79. The van der Waals surface area contributed by atoms with Crippen molar-refractivity contribution in [2.75, 3.05) is 0 Å². The van der Waals surface area contributed by atoms with E-state index in [9.17, 15) is 0 Å². The van der Waals surface area contributed by atoms with Crippen molar-refractivity contribution < 1.29 is 0 Å². The van der Waals surface area contributed by atoms with Gasteiger partial charge in [-0.25, -0.2) is 0 Å². The molecule has 0 fully saturated rings. The van der Waals surface area contributed by atoms with Gasteiger partial charge in [0.15, 0.2) is 0 Å². The Morgan fingerprint density at radius 1 is 0.789 bits per heavy atom. The fourth-order valence-electron chi connectivity index (χ4n) is 2.46. The number of hydrogen-bond donors (Lipinski definition) is 0. The topological polar surface area (TPSA) is 25.8 Å². The summed E-state index contributed by atoms with van der Waals surface area (Å²) in [5.41, 5.74) is 2.17. The summed E-state index contributed by atoms with van der Waals surface area (Å²) in [5, 5.41) is 9.33. The standard InChI is InChI=1S/C16H10N2Se/c1-2-4-14-11(3-1)5-6-12-9-13(7-8-15(12)14)16-10-19-18-17-16/h1-10H. The first kappa shape index (κ1) is 10.9. The third-order valence-corrected chi connectivity index (χ3v) is 4.46. The summed E-state index contributed by atoms with van der Waals surface area (Å²) in [6.45, 7) is 0. The Kier molecular flexibility index (Phi) is 2.47. The summed E-state index contributed by atoms with van der Waals surface area (Å²) < 4.78 is 4.07. The molecule has 90 valence electrons. The molecule has 4 rings (SSSR count). The molecule has 0 aliphatic carbocycles. The van der Waals surface area contributed by atoms with Crippen LogP contribution >= 0.6 is 0 Å². The summed E-state index contributed by atoms with van der Waals surface area (Å²) in [6, 6.07) is 19.4. The average molecular weight is 309 g/mol. The molecule has 0 spiro atoms. The number of hydrogen-bond acceptors (Lipinski definition) is 2. The van der Waals surface area contributed by atoms with E-state index in [0.29, 0.717) is 0 Å². The molecule has 0 amide bonds. The summed E-state index contributed by atoms with van der Waals surface area (Å²) in [6.07, 6.45) is 0. The molecule has 0 aliphatic heterocycles. The molecule has 0 aliphatic rings. The van der Waals surface area contributed by atoms with E-state index in [4.69, 9.17) is 0 Å². The number of aromatic nitrogens is 2. The molecule has 0 saturated heterocycles. The summed E-state index contributed by atoms with van der Waals surface area (Å²) in [7, 11) is 0. The fraction of sp³-hybridized carbons (Fsp3) is 0. The van der Waals surface area contributed by atoms with Crippen LogP contribution in [-0.4, -0.2) is 23.9 Å². The Balaban J connectivity index is 2.03. The first-order chi connectivity index (χ1) is 9.42. The molecule has 4 aromatic rings. The minimum absolute atomic E-state index is 0.188. The molecule has 0 N–H and O–H groups in total. The maximum absolute atomic E-state index is 4.19. The number of fused-ring (bicyclic) bond motifs is 3. The van der Waals surface area contributed by atoms with Crippen molar-refractivity contribution in [2.45, 2.75) is 0 Å². The van der Waals surface area contributed by atoms with Gasteiger partial charge in [-0.3, -0.25) is 0 Å². The van der Waals surface area contributed by atoms with E-state index in [1.54, 1.807) is 0 Å². The minimum atomic E-state index is 0.188. The van der Waals surface area contributed by atoms with Crippen LogP contribution in [0.4, 0.5) is 0 Å². The number of nitrogens with zero attached hydrogens (tertiary/aromatic N) is 2. The van der Waals surface area contributed by atoms with Crippen molar-refractivity contribution in [1.82, 2.24) is 9.19 Å². The van der Waals surface area contributed by atoms with Crippen molar-refractivity contribution in [1.29, 1.82) is 0 Å². The van der Waals surface area contributed by atoms with Crippen LogP contribution in [-0.2, 0) is 0 Å². The quantitative estimate of drug-likeness (QED) is 0.397. The molecule has 2 nitrogen and oxygen atoms in total. The Morgan fingerprint density at radius 3 is 2.53 bits per heavy atom. The molecule has 0 atom stereocenters. The van der Waals surface area contributed by atoms with Gasteiger partial charge in [0.25, 0.3) is 0 Å². The van der Waals surface area contributed by atoms with E-state index < -0.39 is 0 Å². The van der Waals surface area contributed by atoms with E-state index >= 15 is 0 Å². The van der Waals surface area contributed by atoms with Crippen molar-refractivity contribution in [3.05, 3.63) is 59.5 Å². The SMILES string of the molecule is c1ccc2c(c1)ccc1cc(-c3c[se]nn3)ccc12. The van der Waals surface area contributed by atoms with Gasteiger partial charge in [-0.15, -0.1) is 0 Å². The fourth-order valence-corrected chi connectivity index (χ4v) is 3.44. The molecule has 1 heterocycles. The molecule has 3 heteroatoms. The Bertz CT molecular complexity index is 866. The van der Waals surface area contributed by atoms with Gasteiger partial charge in [-0.2, -0.15) is 0 Å². The molecule has 0 unspecified atom stereocenters.